The molecule has 0 bridgehead atoms. The number of nitrogens with one attached hydrogen (secondary N) is 1. The maximum atomic E-state index is 13.0. The molecule has 0 amide bonds. The van der Waals surface area contributed by atoms with Crippen molar-refractivity contribution in [1.29, 1.82) is 0 Å². The molecule has 0 saturated carbocycles. The molecule has 0 spiro atoms. The lowest BCUT2D eigenvalue weighted by Gasteiger charge is -2.20. The van der Waals surface area contributed by atoms with Crippen molar-refractivity contribution < 1.29 is 28.5 Å². The third kappa shape index (κ3) is 7.48. The summed E-state index contributed by atoms with van der Waals surface area (Å²) in [5, 5.41) is 3.18. The van der Waals surface area contributed by atoms with Crippen LogP contribution in [0, 0.1) is 0 Å². The third-order valence-corrected chi connectivity index (χ3v) is 6.24. The molecular formula is C34H34N2O6. The van der Waals surface area contributed by atoms with Crippen LogP contribution < -0.4 is 20.5 Å². The fourth-order valence-corrected chi connectivity index (χ4v) is 4.18. The predicted molar refractivity (Wildman–Crippen MR) is 163 cm³/mol. The highest BCUT2D eigenvalue weighted by Gasteiger charge is 2.22. The van der Waals surface area contributed by atoms with E-state index in [4.69, 9.17) is 24.7 Å². The van der Waals surface area contributed by atoms with Crippen LogP contribution in [0.25, 0.3) is 5.70 Å². The van der Waals surface area contributed by atoms with Crippen molar-refractivity contribution >= 4 is 29.0 Å². The van der Waals surface area contributed by atoms with E-state index < -0.39 is 11.9 Å². The van der Waals surface area contributed by atoms with Gasteiger partial charge in [-0.25, -0.2) is 9.59 Å². The number of carbonyl (C=O) groups excluding carboxylic acids is 2. The Bertz CT molecular complexity index is 1540. The minimum absolute atomic E-state index is 0.192. The summed E-state index contributed by atoms with van der Waals surface area (Å²) in [5.74, 6) is -0.426. The normalized spacial score (nSPS) is 10.4. The highest BCUT2D eigenvalue weighted by Crippen LogP contribution is 2.37. The monoisotopic (exact) mass is 566 g/mol. The van der Waals surface area contributed by atoms with Crippen LogP contribution in [0.1, 0.15) is 51.3 Å². The van der Waals surface area contributed by atoms with E-state index in [-0.39, 0.29) is 43.3 Å². The van der Waals surface area contributed by atoms with Crippen molar-refractivity contribution in [3.63, 3.8) is 0 Å². The van der Waals surface area contributed by atoms with Gasteiger partial charge in [-0.1, -0.05) is 73.3 Å². The van der Waals surface area contributed by atoms with Gasteiger partial charge in [0.05, 0.1) is 30.2 Å². The molecule has 0 aromatic heterocycles. The van der Waals surface area contributed by atoms with Crippen molar-refractivity contribution in [2.45, 2.75) is 27.1 Å². The number of para-hydroxylation sites is 1. The lowest BCUT2D eigenvalue weighted by atomic mass is 10.0. The second-order valence-electron chi connectivity index (χ2n) is 9.21. The summed E-state index contributed by atoms with van der Waals surface area (Å²) in [6.45, 7) is 8.54. The Morgan fingerprint density at radius 3 is 1.74 bits per heavy atom. The molecule has 3 N–H and O–H groups in total. The Kier molecular flexibility index (Phi) is 10.2. The van der Waals surface area contributed by atoms with E-state index in [1.165, 1.54) is 0 Å². The molecule has 0 heterocycles. The van der Waals surface area contributed by atoms with Crippen LogP contribution in [0.3, 0.4) is 0 Å². The van der Waals surface area contributed by atoms with Crippen LogP contribution in [-0.2, 0) is 22.7 Å². The van der Waals surface area contributed by atoms with Gasteiger partial charge in [-0.05, 0) is 49.2 Å². The first-order valence-corrected chi connectivity index (χ1v) is 13.6. The Morgan fingerprint density at radius 1 is 0.690 bits per heavy atom. The Balaban J connectivity index is 1.76. The molecule has 0 unspecified atom stereocenters. The molecule has 4 aromatic carbocycles. The summed E-state index contributed by atoms with van der Waals surface area (Å²) in [6, 6.07) is 27.4. The van der Waals surface area contributed by atoms with Gasteiger partial charge in [0.2, 0.25) is 0 Å². The number of carbonyl (C=O) groups is 2. The molecule has 0 aliphatic carbocycles. The first-order valence-electron chi connectivity index (χ1n) is 13.6. The van der Waals surface area contributed by atoms with Crippen LogP contribution in [-0.4, -0.2) is 25.2 Å². The summed E-state index contributed by atoms with van der Waals surface area (Å²) in [6.07, 6.45) is 0. The molecule has 42 heavy (non-hydrogen) atoms. The molecule has 4 aromatic rings. The molecule has 0 fully saturated rings. The molecular weight excluding hydrogens is 532 g/mol. The number of rotatable bonds is 13. The summed E-state index contributed by atoms with van der Waals surface area (Å²) in [7, 11) is 0. The highest BCUT2D eigenvalue weighted by atomic mass is 16.5. The summed E-state index contributed by atoms with van der Waals surface area (Å²) < 4.78 is 22.9. The smallest absolute Gasteiger partial charge is 0.342 e. The molecule has 216 valence electrons. The topological polar surface area (TPSA) is 109 Å². The van der Waals surface area contributed by atoms with Gasteiger partial charge in [-0.3, -0.25) is 0 Å². The van der Waals surface area contributed by atoms with E-state index in [1.54, 1.807) is 44.2 Å². The van der Waals surface area contributed by atoms with E-state index in [0.29, 0.717) is 28.4 Å². The SMILES string of the molecule is C=C(Nc1c(N)cccc1C(=O)OCC)c1cc(OCc2ccccc2)c(C(=O)OCC)cc1OCc1ccccc1. The van der Waals surface area contributed by atoms with Gasteiger partial charge in [0.25, 0.3) is 0 Å². The molecule has 0 atom stereocenters. The third-order valence-electron chi connectivity index (χ3n) is 6.24. The molecule has 8 heteroatoms. The van der Waals surface area contributed by atoms with Crippen molar-refractivity contribution in [3.05, 3.63) is 125 Å². The number of nitrogen functional groups attached to an aromatic ring is 1. The molecule has 0 radical (unpaired) electrons. The second kappa shape index (κ2) is 14.4. The zero-order valence-corrected chi connectivity index (χ0v) is 23.7. The van der Waals surface area contributed by atoms with Crippen molar-refractivity contribution in [3.8, 4) is 11.5 Å². The van der Waals surface area contributed by atoms with Crippen LogP contribution in [0.4, 0.5) is 11.4 Å². The van der Waals surface area contributed by atoms with Crippen molar-refractivity contribution in [2.75, 3.05) is 24.3 Å². The fraction of sp³-hybridized carbons (Fsp3) is 0.176. The van der Waals surface area contributed by atoms with Gasteiger partial charge < -0.3 is 30.0 Å². The summed E-state index contributed by atoms with van der Waals surface area (Å²) in [5.41, 5.74) is 10.1. The fourth-order valence-electron chi connectivity index (χ4n) is 4.18. The van der Waals surface area contributed by atoms with Crippen LogP contribution in [0.2, 0.25) is 0 Å². The lowest BCUT2D eigenvalue weighted by Crippen LogP contribution is -2.13. The average Bonchev–Trinajstić information content (AvgIpc) is 3.01. The lowest BCUT2D eigenvalue weighted by molar-refractivity contribution is 0.0513. The largest absolute Gasteiger partial charge is 0.488 e. The molecule has 4 rings (SSSR count). The van der Waals surface area contributed by atoms with E-state index >= 15 is 0 Å². The highest BCUT2D eigenvalue weighted by molar-refractivity contribution is 6.01. The Hall–Kier alpha value is -5.24. The van der Waals surface area contributed by atoms with Gasteiger partial charge in [-0.2, -0.15) is 0 Å². The van der Waals surface area contributed by atoms with Gasteiger partial charge >= 0.3 is 11.9 Å². The molecule has 0 saturated heterocycles. The minimum atomic E-state index is -0.549. The van der Waals surface area contributed by atoms with Gasteiger partial charge in [0.15, 0.2) is 0 Å². The first-order chi connectivity index (χ1) is 20.4. The zero-order chi connectivity index (χ0) is 29.9. The number of nitrogens with two attached hydrogens (primary N) is 1. The van der Waals surface area contributed by atoms with Crippen LogP contribution in [0.5, 0.6) is 11.5 Å². The van der Waals surface area contributed by atoms with E-state index in [0.717, 1.165) is 11.1 Å². The number of ether oxygens (including phenoxy) is 4. The van der Waals surface area contributed by atoms with Crippen LogP contribution >= 0.6 is 0 Å². The minimum Gasteiger partial charge on any atom is -0.488 e. The second-order valence-corrected chi connectivity index (χ2v) is 9.21. The first kappa shape index (κ1) is 29.7. The Labute approximate surface area is 245 Å². The number of hydrogen-bond donors (Lipinski definition) is 2. The molecule has 0 aliphatic heterocycles. The zero-order valence-electron chi connectivity index (χ0n) is 23.7. The summed E-state index contributed by atoms with van der Waals surface area (Å²) >= 11 is 0. The molecule has 8 nitrogen and oxygen atoms in total. The van der Waals surface area contributed by atoms with Crippen LogP contribution in [0.15, 0.2) is 97.6 Å². The predicted octanol–water partition coefficient (Wildman–Crippen LogP) is 6.86. The standard InChI is InChI=1S/C34H34N2O6/c1-4-39-33(37)26-17-12-18-29(35)32(26)36-23(3)27-19-31(42-22-25-15-10-7-11-16-25)28(34(38)40-5-2)20-30(27)41-21-24-13-8-6-9-14-24/h6-20,36H,3-5,21-22,35H2,1-2H3. The number of benzene rings is 4. The number of anilines is 2. The van der Waals surface area contributed by atoms with E-state index in [1.807, 2.05) is 60.7 Å². The van der Waals surface area contributed by atoms with Gasteiger partial charge in [-0.15, -0.1) is 0 Å². The molecule has 0 aliphatic rings. The number of hydrogen-bond acceptors (Lipinski definition) is 8. The quantitative estimate of drug-likeness (QED) is 0.133. The van der Waals surface area contributed by atoms with Gasteiger partial charge in [0, 0.05) is 11.3 Å². The average molecular weight is 567 g/mol. The maximum Gasteiger partial charge on any atom is 0.342 e. The summed E-state index contributed by atoms with van der Waals surface area (Å²) in [4.78, 5) is 25.7. The van der Waals surface area contributed by atoms with Crippen molar-refractivity contribution in [1.82, 2.24) is 0 Å². The number of esters is 2. The maximum absolute atomic E-state index is 13.0. The Morgan fingerprint density at radius 2 is 1.19 bits per heavy atom. The van der Waals surface area contributed by atoms with Crippen molar-refractivity contribution in [2.24, 2.45) is 0 Å². The van der Waals surface area contributed by atoms with E-state index in [2.05, 4.69) is 11.9 Å². The van der Waals surface area contributed by atoms with Gasteiger partial charge in [0.1, 0.15) is 30.3 Å². The van der Waals surface area contributed by atoms with E-state index in [9.17, 15) is 9.59 Å².